The molecule has 0 fully saturated rings. The van der Waals surface area contributed by atoms with E-state index in [-0.39, 0.29) is 0 Å². The molecule has 0 aromatic heterocycles. The summed E-state index contributed by atoms with van der Waals surface area (Å²) in [6.45, 7) is 5.94. The molecule has 0 saturated heterocycles. The maximum atomic E-state index is 5.03. The van der Waals surface area contributed by atoms with Crippen molar-refractivity contribution in [1.82, 2.24) is 10.6 Å². The van der Waals surface area contributed by atoms with Gasteiger partial charge in [0.05, 0.1) is 6.54 Å². The molecule has 1 aliphatic rings. The predicted molar refractivity (Wildman–Crippen MR) is 58.7 cm³/mol. The Morgan fingerprint density at radius 2 is 2.67 bits per heavy atom. The third-order valence-electron chi connectivity index (χ3n) is 1.22. The number of nitrogens with one attached hydrogen (secondary N) is 2. The summed E-state index contributed by atoms with van der Waals surface area (Å²) in [7, 11) is 0. The topological polar surface area (TPSA) is 36.4 Å². The maximum Gasteiger partial charge on any atom is 0.163 e. The predicted octanol–water partition coefficient (Wildman–Crippen LogP) is 0.739. The number of aliphatic imine (C=N–C) groups is 1. The van der Waals surface area contributed by atoms with Crippen molar-refractivity contribution < 1.29 is 0 Å². The van der Waals surface area contributed by atoms with E-state index in [9.17, 15) is 0 Å². The van der Waals surface area contributed by atoms with E-state index < -0.39 is 0 Å². The normalized spacial score (nSPS) is 17.3. The van der Waals surface area contributed by atoms with Crippen LogP contribution in [-0.2, 0) is 0 Å². The first-order chi connectivity index (χ1) is 5.83. The molecule has 0 aliphatic carbocycles. The van der Waals surface area contributed by atoms with Crippen LogP contribution in [0.15, 0.2) is 17.6 Å². The molecule has 3 nitrogen and oxygen atoms in total. The molecule has 5 heteroatoms. The second-order valence-electron chi connectivity index (χ2n) is 2.17. The van der Waals surface area contributed by atoms with E-state index in [2.05, 4.69) is 22.2 Å². The average molecular weight is 201 g/mol. The van der Waals surface area contributed by atoms with Gasteiger partial charge in [-0.25, -0.2) is 0 Å². The van der Waals surface area contributed by atoms with Crippen LogP contribution in [0.4, 0.5) is 0 Å². The number of nitrogens with zero attached hydrogens (tertiary/aromatic N) is 1. The maximum absolute atomic E-state index is 5.03. The van der Waals surface area contributed by atoms with Gasteiger partial charge in [-0.3, -0.25) is 4.99 Å². The number of amidine groups is 1. The van der Waals surface area contributed by atoms with Crippen LogP contribution in [0.5, 0.6) is 0 Å². The van der Waals surface area contributed by atoms with Crippen molar-refractivity contribution in [2.24, 2.45) is 4.99 Å². The molecule has 2 N–H and O–H groups in total. The summed E-state index contributed by atoms with van der Waals surface area (Å²) in [5, 5.41) is 7.05. The summed E-state index contributed by atoms with van der Waals surface area (Å²) in [6.07, 6.45) is 1.80. The molecule has 0 amide bonds. The summed E-state index contributed by atoms with van der Waals surface area (Å²) < 4.78 is 0.780. The van der Waals surface area contributed by atoms with Gasteiger partial charge in [-0.1, -0.05) is 18.3 Å². The summed E-state index contributed by atoms with van der Waals surface area (Å²) in [4.78, 5) is 4.28. The molecule has 0 bridgehead atoms. The molecular weight excluding hydrogens is 190 g/mol. The van der Waals surface area contributed by atoms with E-state index in [0.717, 1.165) is 29.1 Å². The third kappa shape index (κ3) is 3.23. The minimum atomic E-state index is 0.731. The van der Waals surface area contributed by atoms with Gasteiger partial charge in [-0.05, 0) is 11.8 Å². The van der Waals surface area contributed by atoms with Gasteiger partial charge in [0.2, 0.25) is 0 Å². The monoisotopic (exact) mass is 201 g/mol. The van der Waals surface area contributed by atoms with Crippen LogP contribution in [-0.4, -0.2) is 29.1 Å². The first-order valence-corrected chi connectivity index (χ1v) is 4.90. The minimum Gasteiger partial charge on any atom is -0.369 e. The van der Waals surface area contributed by atoms with E-state index in [1.807, 2.05) is 0 Å². The third-order valence-corrected chi connectivity index (χ3v) is 2.41. The fraction of sp³-hybridized carbons (Fsp3) is 0.429. The molecule has 1 aliphatic heterocycles. The van der Waals surface area contributed by atoms with Crippen LogP contribution >= 0.6 is 24.0 Å². The van der Waals surface area contributed by atoms with E-state index in [1.165, 1.54) is 11.8 Å². The molecule has 0 radical (unpaired) electrons. The highest BCUT2D eigenvalue weighted by Crippen LogP contribution is 2.05. The molecule has 0 saturated carbocycles. The van der Waals surface area contributed by atoms with Crippen LogP contribution < -0.4 is 10.6 Å². The molecule has 0 aromatic carbocycles. The van der Waals surface area contributed by atoms with E-state index >= 15 is 0 Å². The Morgan fingerprint density at radius 3 is 3.42 bits per heavy atom. The van der Waals surface area contributed by atoms with Gasteiger partial charge >= 0.3 is 0 Å². The van der Waals surface area contributed by atoms with Crippen LogP contribution in [0.3, 0.4) is 0 Å². The number of rotatable bonds is 2. The second kappa shape index (κ2) is 5.16. The second-order valence-corrected chi connectivity index (χ2v) is 3.84. The van der Waals surface area contributed by atoms with Gasteiger partial charge in [0.15, 0.2) is 5.17 Å². The highest BCUT2D eigenvalue weighted by molar-refractivity contribution is 8.32. The molecule has 0 unspecified atom stereocenters. The number of thiocarbonyl (C=S) groups is 1. The first-order valence-electron chi connectivity index (χ1n) is 3.68. The Hall–Kier alpha value is -0.550. The van der Waals surface area contributed by atoms with Crippen molar-refractivity contribution >= 4 is 33.5 Å². The van der Waals surface area contributed by atoms with Gasteiger partial charge in [0.25, 0.3) is 0 Å². The van der Waals surface area contributed by atoms with Crippen molar-refractivity contribution in [3.05, 3.63) is 12.7 Å². The highest BCUT2D eigenvalue weighted by Gasteiger charge is 2.06. The summed E-state index contributed by atoms with van der Waals surface area (Å²) in [5.74, 6) is 0. The Morgan fingerprint density at radius 1 is 1.83 bits per heavy atom. The van der Waals surface area contributed by atoms with Gasteiger partial charge in [0.1, 0.15) is 4.32 Å². The van der Waals surface area contributed by atoms with Crippen molar-refractivity contribution in [2.75, 3.05) is 19.6 Å². The van der Waals surface area contributed by atoms with Crippen molar-refractivity contribution in [2.45, 2.75) is 0 Å². The zero-order valence-corrected chi connectivity index (χ0v) is 8.30. The first kappa shape index (κ1) is 9.54. The SMILES string of the molecule is C=CCNC1=NCCNC(=S)S1. The van der Waals surface area contributed by atoms with Gasteiger partial charge in [0, 0.05) is 13.1 Å². The summed E-state index contributed by atoms with van der Waals surface area (Å²) in [5.41, 5.74) is 0. The largest absolute Gasteiger partial charge is 0.369 e. The molecule has 0 atom stereocenters. The Kier molecular flexibility index (Phi) is 4.10. The fourth-order valence-corrected chi connectivity index (χ4v) is 1.72. The summed E-state index contributed by atoms with van der Waals surface area (Å²) >= 11 is 6.48. The number of hydrogen-bond donors (Lipinski definition) is 2. The Labute approximate surface area is 81.7 Å². The van der Waals surface area contributed by atoms with Crippen molar-refractivity contribution in [1.29, 1.82) is 0 Å². The standard InChI is InChI=1S/C7H11N3S2/c1-2-3-8-6-9-4-5-10-7(11)12-6/h2H,1,3-5H2,(H,8,9)(H,10,11). The quantitative estimate of drug-likeness (QED) is 0.510. The summed E-state index contributed by atoms with van der Waals surface area (Å²) in [6, 6.07) is 0. The van der Waals surface area contributed by atoms with Crippen LogP contribution in [0.25, 0.3) is 0 Å². The molecular formula is C7H11N3S2. The Bertz CT molecular complexity index is 213. The molecule has 1 heterocycles. The highest BCUT2D eigenvalue weighted by atomic mass is 32.2. The molecule has 66 valence electrons. The van der Waals surface area contributed by atoms with E-state index in [0.29, 0.717) is 0 Å². The van der Waals surface area contributed by atoms with Crippen molar-refractivity contribution in [3.63, 3.8) is 0 Å². The fourth-order valence-electron chi connectivity index (χ4n) is 0.723. The lowest BCUT2D eigenvalue weighted by molar-refractivity contribution is 0.890. The minimum absolute atomic E-state index is 0.731. The zero-order chi connectivity index (χ0) is 8.81. The lowest BCUT2D eigenvalue weighted by atomic mass is 10.6. The van der Waals surface area contributed by atoms with Crippen LogP contribution in [0.2, 0.25) is 0 Å². The molecule has 1 rings (SSSR count). The van der Waals surface area contributed by atoms with Gasteiger partial charge in [-0.15, -0.1) is 6.58 Å². The van der Waals surface area contributed by atoms with Gasteiger partial charge in [-0.2, -0.15) is 0 Å². The zero-order valence-electron chi connectivity index (χ0n) is 6.67. The lowest BCUT2D eigenvalue weighted by Crippen LogP contribution is -2.23. The van der Waals surface area contributed by atoms with Crippen LogP contribution in [0.1, 0.15) is 0 Å². The van der Waals surface area contributed by atoms with Gasteiger partial charge < -0.3 is 10.6 Å². The van der Waals surface area contributed by atoms with E-state index in [4.69, 9.17) is 12.2 Å². The molecule has 12 heavy (non-hydrogen) atoms. The number of thioether (sulfide) groups is 1. The lowest BCUT2D eigenvalue weighted by Gasteiger charge is -2.04. The molecule has 0 aromatic rings. The van der Waals surface area contributed by atoms with Crippen molar-refractivity contribution in [3.8, 4) is 0 Å². The molecule has 0 spiro atoms. The Balaban J connectivity index is 2.43. The number of hydrogen-bond acceptors (Lipinski definition) is 4. The smallest absolute Gasteiger partial charge is 0.163 e. The average Bonchev–Trinajstić information content (AvgIpc) is 2.26. The van der Waals surface area contributed by atoms with Crippen LogP contribution in [0, 0.1) is 0 Å². The van der Waals surface area contributed by atoms with E-state index in [1.54, 1.807) is 6.08 Å².